The average molecular weight is 444 g/mol. The molecule has 0 aliphatic carbocycles. The van der Waals surface area contributed by atoms with E-state index in [0.717, 1.165) is 34.0 Å². The molecule has 0 fully saturated rings. The summed E-state index contributed by atoms with van der Waals surface area (Å²) in [5, 5.41) is 0. The van der Waals surface area contributed by atoms with E-state index in [1.807, 2.05) is 0 Å². The molecule has 2 aromatic rings. The molecule has 0 radical (unpaired) electrons. The fourth-order valence-corrected chi connectivity index (χ4v) is 3.84. The molecular weight excluding hydrogens is 402 g/mol. The molecule has 32 heavy (non-hydrogen) atoms. The van der Waals surface area contributed by atoms with Crippen LogP contribution >= 0.6 is 0 Å². The second kappa shape index (κ2) is 10.6. The zero-order valence-corrected chi connectivity index (χ0v) is 21.5. The first-order valence-corrected chi connectivity index (χ1v) is 11.2. The van der Waals surface area contributed by atoms with Gasteiger partial charge in [0, 0.05) is 31.4 Å². The third-order valence-electron chi connectivity index (χ3n) is 5.28. The number of hydrogen-bond donors (Lipinski definition) is 0. The van der Waals surface area contributed by atoms with Crippen molar-refractivity contribution in [1.29, 1.82) is 0 Å². The van der Waals surface area contributed by atoms with Gasteiger partial charge in [-0.3, -0.25) is 0 Å². The summed E-state index contributed by atoms with van der Waals surface area (Å²) in [6.07, 6.45) is 0. The molecule has 0 bridgehead atoms. The lowest BCUT2D eigenvalue weighted by Gasteiger charge is -2.35. The van der Waals surface area contributed by atoms with Gasteiger partial charge in [-0.2, -0.15) is 0 Å². The first-order valence-electron chi connectivity index (χ1n) is 11.2. The van der Waals surface area contributed by atoms with Crippen LogP contribution in [0.3, 0.4) is 0 Å². The van der Waals surface area contributed by atoms with Crippen LogP contribution in [0.5, 0.6) is 11.5 Å². The highest BCUT2D eigenvalue weighted by atomic mass is 16.7. The number of benzene rings is 2. The number of hydrogen-bond acceptors (Lipinski definition) is 5. The molecule has 5 heteroatoms. The zero-order chi connectivity index (χ0) is 24.1. The van der Waals surface area contributed by atoms with Gasteiger partial charge in [-0.15, -0.1) is 0 Å². The van der Waals surface area contributed by atoms with Gasteiger partial charge in [0.15, 0.2) is 13.6 Å². The molecular formula is C27H41NO4. The molecule has 0 unspecified atom stereocenters. The minimum atomic E-state index is -0.0929. The van der Waals surface area contributed by atoms with Crippen molar-refractivity contribution in [2.45, 2.75) is 72.3 Å². The molecule has 2 rings (SSSR count). The van der Waals surface area contributed by atoms with E-state index in [2.05, 4.69) is 96.7 Å². The van der Waals surface area contributed by atoms with Crippen molar-refractivity contribution in [3.8, 4) is 11.5 Å². The summed E-state index contributed by atoms with van der Waals surface area (Å²) in [4.78, 5) is 2.28. The van der Waals surface area contributed by atoms with Gasteiger partial charge in [0.1, 0.15) is 11.5 Å². The summed E-state index contributed by atoms with van der Waals surface area (Å²) in [5.74, 6) is 1.66. The first-order chi connectivity index (χ1) is 14.9. The molecule has 178 valence electrons. The molecule has 0 aromatic heterocycles. The SMILES string of the molecule is COCOc1c(N(c2cccc(C(C)(C)C)c2OCOC)C(C)C)cccc1C(C)(C)C. The van der Waals surface area contributed by atoms with E-state index in [4.69, 9.17) is 18.9 Å². The molecule has 0 atom stereocenters. The van der Waals surface area contributed by atoms with Crippen molar-refractivity contribution < 1.29 is 18.9 Å². The topological polar surface area (TPSA) is 40.2 Å². The molecule has 0 saturated heterocycles. The molecule has 0 saturated carbocycles. The van der Waals surface area contributed by atoms with Gasteiger partial charge >= 0.3 is 0 Å². The predicted octanol–water partition coefficient (Wildman–Crippen LogP) is 6.79. The van der Waals surface area contributed by atoms with E-state index in [-0.39, 0.29) is 30.5 Å². The largest absolute Gasteiger partial charge is 0.465 e. The Morgan fingerprint density at radius 1 is 0.688 bits per heavy atom. The molecule has 0 N–H and O–H groups in total. The van der Waals surface area contributed by atoms with E-state index in [9.17, 15) is 0 Å². The van der Waals surface area contributed by atoms with Crippen molar-refractivity contribution in [2.75, 3.05) is 32.7 Å². The maximum absolute atomic E-state index is 6.19. The van der Waals surface area contributed by atoms with Crippen LogP contribution in [0.4, 0.5) is 11.4 Å². The Bertz CT molecular complexity index is 809. The van der Waals surface area contributed by atoms with Crippen LogP contribution in [-0.2, 0) is 20.3 Å². The number of methoxy groups -OCH3 is 2. The van der Waals surface area contributed by atoms with Crippen LogP contribution in [0.2, 0.25) is 0 Å². The lowest BCUT2D eigenvalue weighted by molar-refractivity contribution is 0.0496. The number of nitrogens with zero attached hydrogens (tertiary/aromatic N) is 1. The van der Waals surface area contributed by atoms with Crippen LogP contribution in [0.15, 0.2) is 36.4 Å². The predicted molar refractivity (Wildman–Crippen MR) is 133 cm³/mol. The van der Waals surface area contributed by atoms with Crippen LogP contribution in [-0.4, -0.2) is 33.8 Å². The summed E-state index contributed by atoms with van der Waals surface area (Å²) >= 11 is 0. The minimum absolute atomic E-state index is 0.0929. The number of rotatable bonds is 9. The van der Waals surface area contributed by atoms with E-state index < -0.39 is 0 Å². The number of para-hydroxylation sites is 2. The van der Waals surface area contributed by atoms with Crippen LogP contribution < -0.4 is 14.4 Å². The third kappa shape index (κ3) is 5.96. The Morgan fingerprint density at radius 3 is 1.34 bits per heavy atom. The monoisotopic (exact) mass is 443 g/mol. The lowest BCUT2D eigenvalue weighted by atomic mass is 9.85. The normalized spacial score (nSPS) is 12.2. The third-order valence-corrected chi connectivity index (χ3v) is 5.28. The van der Waals surface area contributed by atoms with Gasteiger partial charge in [0.05, 0.1) is 11.4 Å². The van der Waals surface area contributed by atoms with E-state index in [1.54, 1.807) is 14.2 Å². The van der Waals surface area contributed by atoms with Crippen molar-refractivity contribution in [2.24, 2.45) is 0 Å². The Balaban J connectivity index is 2.81. The van der Waals surface area contributed by atoms with Crippen LogP contribution in [0, 0.1) is 0 Å². The molecule has 0 aliphatic heterocycles. The zero-order valence-electron chi connectivity index (χ0n) is 21.5. The quantitative estimate of drug-likeness (QED) is 0.399. The number of ether oxygens (including phenoxy) is 4. The molecule has 0 spiro atoms. The Labute approximate surface area is 194 Å². The second-order valence-corrected chi connectivity index (χ2v) is 10.4. The summed E-state index contributed by atoms with van der Waals surface area (Å²) < 4.78 is 22.9. The summed E-state index contributed by atoms with van der Waals surface area (Å²) in [6, 6.07) is 12.8. The highest BCUT2D eigenvalue weighted by Gasteiger charge is 2.29. The van der Waals surface area contributed by atoms with Gasteiger partial charge in [0.2, 0.25) is 0 Å². The highest BCUT2D eigenvalue weighted by Crippen LogP contribution is 2.47. The van der Waals surface area contributed by atoms with Crippen molar-refractivity contribution in [3.63, 3.8) is 0 Å². The van der Waals surface area contributed by atoms with Gasteiger partial charge < -0.3 is 23.8 Å². The maximum atomic E-state index is 6.19. The lowest BCUT2D eigenvalue weighted by Crippen LogP contribution is -2.28. The molecule has 0 amide bonds. The van der Waals surface area contributed by atoms with Crippen LogP contribution in [0.25, 0.3) is 0 Å². The summed E-state index contributed by atoms with van der Waals surface area (Å²) in [5.41, 5.74) is 4.04. The fourth-order valence-electron chi connectivity index (χ4n) is 3.84. The molecule has 5 nitrogen and oxygen atoms in total. The highest BCUT2D eigenvalue weighted by molar-refractivity contribution is 5.77. The van der Waals surface area contributed by atoms with Crippen LogP contribution in [0.1, 0.15) is 66.5 Å². The van der Waals surface area contributed by atoms with E-state index in [0.29, 0.717) is 0 Å². The van der Waals surface area contributed by atoms with Crippen molar-refractivity contribution in [1.82, 2.24) is 0 Å². The Morgan fingerprint density at radius 2 is 1.06 bits per heavy atom. The summed E-state index contributed by atoms with van der Waals surface area (Å²) in [6.45, 7) is 17.9. The van der Waals surface area contributed by atoms with Gasteiger partial charge in [-0.25, -0.2) is 0 Å². The second-order valence-electron chi connectivity index (χ2n) is 10.4. The molecule has 2 aromatic carbocycles. The molecule has 0 heterocycles. The summed E-state index contributed by atoms with van der Waals surface area (Å²) in [7, 11) is 3.28. The molecule has 0 aliphatic rings. The first kappa shape index (κ1) is 26.0. The van der Waals surface area contributed by atoms with E-state index in [1.165, 1.54) is 0 Å². The average Bonchev–Trinajstić information content (AvgIpc) is 2.69. The van der Waals surface area contributed by atoms with Crippen molar-refractivity contribution >= 4 is 11.4 Å². The van der Waals surface area contributed by atoms with Gasteiger partial charge in [-0.05, 0) is 36.8 Å². The van der Waals surface area contributed by atoms with Crippen molar-refractivity contribution in [3.05, 3.63) is 47.5 Å². The standard InChI is InChI=1S/C27H41NO4/c1-19(2)28(22-15-11-13-20(26(3,4)5)24(22)31-17-29-9)23-16-12-14-21(27(6,7)8)25(23)32-18-30-10/h11-16,19H,17-18H2,1-10H3. The van der Waals surface area contributed by atoms with E-state index >= 15 is 0 Å². The minimum Gasteiger partial charge on any atom is -0.465 e. The maximum Gasteiger partial charge on any atom is 0.188 e. The Kier molecular flexibility index (Phi) is 8.60. The van der Waals surface area contributed by atoms with Gasteiger partial charge in [0.25, 0.3) is 0 Å². The van der Waals surface area contributed by atoms with Gasteiger partial charge in [-0.1, -0.05) is 65.8 Å². The fraction of sp³-hybridized carbons (Fsp3) is 0.556. The Hall–Kier alpha value is -2.24. The smallest absolute Gasteiger partial charge is 0.188 e. The number of anilines is 2.